The summed E-state index contributed by atoms with van der Waals surface area (Å²) in [5.41, 5.74) is 0. The third-order valence-electron chi connectivity index (χ3n) is 2.78. The molecule has 1 saturated carbocycles. The average Bonchev–Trinajstić information content (AvgIpc) is 2.25. The summed E-state index contributed by atoms with van der Waals surface area (Å²) < 4.78 is 0. The quantitative estimate of drug-likeness (QED) is 0.603. The van der Waals surface area contributed by atoms with Gasteiger partial charge in [-0.3, -0.25) is 4.79 Å². The molecule has 0 radical (unpaired) electrons. The van der Waals surface area contributed by atoms with Crippen LogP contribution in [-0.4, -0.2) is 34.7 Å². The lowest BCUT2D eigenvalue weighted by Crippen LogP contribution is -2.36. The molecule has 1 rings (SSSR count). The Bertz CT molecular complexity index is 288. The molecule has 5 nitrogen and oxygen atoms in total. The molecule has 0 saturated heterocycles. The van der Waals surface area contributed by atoms with E-state index in [0.717, 1.165) is 37.8 Å². The summed E-state index contributed by atoms with van der Waals surface area (Å²) in [7, 11) is 0. The summed E-state index contributed by atoms with van der Waals surface area (Å²) in [6, 6.07) is 0. The Kier molecular flexibility index (Phi) is 4.98. The van der Waals surface area contributed by atoms with Crippen molar-refractivity contribution in [1.29, 1.82) is 0 Å². The van der Waals surface area contributed by atoms with Crippen molar-refractivity contribution >= 4 is 11.9 Å². The van der Waals surface area contributed by atoms with Gasteiger partial charge in [-0.1, -0.05) is 12.8 Å². The highest BCUT2D eigenvalue weighted by Crippen LogP contribution is 2.23. The van der Waals surface area contributed by atoms with E-state index in [0.29, 0.717) is 6.54 Å². The van der Waals surface area contributed by atoms with Gasteiger partial charge < -0.3 is 15.5 Å². The van der Waals surface area contributed by atoms with E-state index in [1.807, 2.05) is 0 Å². The van der Waals surface area contributed by atoms with Crippen LogP contribution in [0.1, 0.15) is 25.7 Å². The maximum atomic E-state index is 11.2. The minimum Gasteiger partial charge on any atom is -0.478 e. The molecule has 2 unspecified atom stereocenters. The van der Waals surface area contributed by atoms with Crippen molar-refractivity contribution in [3.8, 4) is 0 Å². The lowest BCUT2D eigenvalue weighted by molar-refractivity contribution is -0.131. The molecular formula is C11H17NO4. The third-order valence-corrected chi connectivity index (χ3v) is 2.78. The van der Waals surface area contributed by atoms with E-state index >= 15 is 0 Å². The van der Waals surface area contributed by atoms with E-state index in [-0.39, 0.29) is 12.0 Å². The van der Waals surface area contributed by atoms with Crippen LogP contribution in [0.2, 0.25) is 0 Å². The van der Waals surface area contributed by atoms with Crippen molar-refractivity contribution in [2.24, 2.45) is 5.92 Å². The van der Waals surface area contributed by atoms with Crippen molar-refractivity contribution in [3.05, 3.63) is 12.2 Å². The average molecular weight is 227 g/mol. The maximum Gasteiger partial charge on any atom is 0.328 e. The van der Waals surface area contributed by atoms with Gasteiger partial charge >= 0.3 is 5.97 Å². The predicted molar refractivity (Wildman–Crippen MR) is 57.8 cm³/mol. The lowest BCUT2D eigenvalue weighted by atomic mass is 9.86. The number of carbonyl (C=O) groups excluding carboxylic acids is 1. The number of carboxylic acids is 1. The second-order valence-corrected chi connectivity index (χ2v) is 4.03. The van der Waals surface area contributed by atoms with Crippen molar-refractivity contribution in [2.45, 2.75) is 31.8 Å². The topological polar surface area (TPSA) is 86.6 Å². The predicted octanol–water partition coefficient (Wildman–Crippen LogP) is 0.294. The summed E-state index contributed by atoms with van der Waals surface area (Å²) >= 11 is 0. The molecule has 16 heavy (non-hydrogen) atoms. The van der Waals surface area contributed by atoms with E-state index < -0.39 is 11.9 Å². The molecule has 90 valence electrons. The number of hydrogen-bond acceptors (Lipinski definition) is 3. The molecule has 0 aromatic rings. The molecule has 0 aromatic heterocycles. The van der Waals surface area contributed by atoms with Crippen LogP contribution in [0, 0.1) is 5.92 Å². The molecule has 0 aliphatic heterocycles. The Morgan fingerprint density at radius 2 is 1.94 bits per heavy atom. The lowest BCUT2D eigenvalue weighted by Gasteiger charge is -2.27. The number of hydrogen-bond donors (Lipinski definition) is 3. The molecule has 0 spiro atoms. The van der Waals surface area contributed by atoms with E-state index in [2.05, 4.69) is 5.32 Å². The Balaban J connectivity index is 2.27. The highest BCUT2D eigenvalue weighted by Gasteiger charge is 2.22. The van der Waals surface area contributed by atoms with Crippen LogP contribution in [0.25, 0.3) is 0 Å². The Hall–Kier alpha value is -1.36. The molecule has 1 amide bonds. The first kappa shape index (κ1) is 12.7. The summed E-state index contributed by atoms with van der Waals surface area (Å²) in [5.74, 6) is -1.48. The molecule has 5 heteroatoms. The van der Waals surface area contributed by atoms with Gasteiger partial charge in [-0.05, 0) is 12.8 Å². The first-order valence-electron chi connectivity index (χ1n) is 5.46. The Morgan fingerprint density at radius 3 is 2.56 bits per heavy atom. The van der Waals surface area contributed by atoms with E-state index in [1.54, 1.807) is 0 Å². The van der Waals surface area contributed by atoms with Crippen LogP contribution < -0.4 is 5.32 Å². The Morgan fingerprint density at radius 1 is 1.25 bits per heavy atom. The second-order valence-electron chi connectivity index (χ2n) is 4.03. The second kappa shape index (κ2) is 6.27. The maximum absolute atomic E-state index is 11.2. The molecule has 1 aliphatic rings. The zero-order valence-corrected chi connectivity index (χ0v) is 9.06. The van der Waals surface area contributed by atoms with Crippen molar-refractivity contribution in [1.82, 2.24) is 5.32 Å². The van der Waals surface area contributed by atoms with E-state index in [9.17, 15) is 14.7 Å². The fraction of sp³-hybridized carbons (Fsp3) is 0.636. The highest BCUT2D eigenvalue weighted by molar-refractivity contribution is 5.93. The number of rotatable bonds is 4. The molecule has 0 aromatic carbocycles. The van der Waals surface area contributed by atoms with Gasteiger partial charge in [0.15, 0.2) is 0 Å². The normalized spacial score (nSPS) is 25.6. The van der Waals surface area contributed by atoms with Crippen molar-refractivity contribution < 1.29 is 19.8 Å². The number of carbonyl (C=O) groups is 2. The molecule has 1 fully saturated rings. The zero-order chi connectivity index (χ0) is 12.0. The first-order chi connectivity index (χ1) is 7.59. The van der Waals surface area contributed by atoms with Crippen LogP contribution in [0.15, 0.2) is 12.2 Å². The molecule has 2 atom stereocenters. The number of carboxylic acid groups (broad SMARTS) is 1. The van der Waals surface area contributed by atoms with Gasteiger partial charge in [-0.15, -0.1) is 0 Å². The first-order valence-corrected chi connectivity index (χ1v) is 5.46. The Labute approximate surface area is 94.2 Å². The SMILES string of the molecule is O=C(O)C=CC(=O)NCC1CCCCC1O. The number of aliphatic hydroxyl groups excluding tert-OH is 1. The summed E-state index contributed by atoms with van der Waals surface area (Å²) in [6.45, 7) is 0.407. The van der Waals surface area contributed by atoms with Gasteiger partial charge in [0.05, 0.1) is 6.10 Å². The fourth-order valence-electron chi connectivity index (χ4n) is 1.86. The highest BCUT2D eigenvalue weighted by atomic mass is 16.4. The van der Waals surface area contributed by atoms with Crippen LogP contribution in [0.5, 0.6) is 0 Å². The number of aliphatic carboxylic acids is 1. The largest absolute Gasteiger partial charge is 0.478 e. The van der Waals surface area contributed by atoms with Gasteiger partial charge in [-0.25, -0.2) is 4.79 Å². The summed E-state index contributed by atoms with van der Waals surface area (Å²) in [4.78, 5) is 21.3. The number of aliphatic hydroxyl groups is 1. The van der Waals surface area contributed by atoms with Crippen LogP contribution in [0.4, 0.5) is 0 Å². The summed E-state index contributed by atoms with van der Waals surface area (Å²) in [6.07, 6.45) is 5.23. The molecule has 0 heterocycles. The van der Waals surface area contributed by atoms with Gasteiger partial charge in [-0.2, -0.15) is 0 Å². The smallest absolute Gasteiger partial charge is 0.328 e. The van der Waals surface area contributed by atoms with E-state index in [1.165, 1.54) is 0 Å². The van der Waals surface area contributed by atoms with Gasteiger partial charge in [0, 0.05) is 24.6 Å². The summed E-state index contributed by atoms with van der Waals surface area (Å²) in [5, 5.41) is 20.5. The standard InChI is InChI=1S/C11H17NO4/c13-9-4-2-1-3-8(9)7-12-10(14)5-6-11(15)16/h5-6,8-9,13H,1-4,7H2,(H,12,14)(H,15,16). The van der Waals surface area contributed by atoms with Crippen LogP contribution >= 0.6 is 0 Å². The minimum absolute atomic E-state index is 0.0935. The zero-order valence-electron chi connectivity index (χ0n) is 9.06. The van der Waals surface area contributed by atoms with Crippen LogP contribution in [-0.2, 0) is 9.59 Å². The van der Waals surface area contributed by atoms with Crippen LogP contribution in [0.3, 0.4) is 0 Å². The van der Waals surface area contributed by atoms with Crippen molar-refractivity contribution in [3.63, 3.8) is 0 Å². The molecule has 1 aliphatic carbocycles. The van der Waals surface area contributed by atoms with Gasteiger partial charge in [0.1, 0.15) is 0 Å². The molecule has 0 bridgehead atoms. The number of amides is 1. The van der Waals surface area contributed by atoms with Gasteiger partial charge in [0.2, 0.25) is 5.91 Å². The minimum atomic E-state index is -1.15. The monoisotopic (exact) mass is 227 g/mol. The number of nitrogens with one attached hydrogen (secondary N) is 1. The molecular weight excluding hydrogens is 210 g/mol. The van der Waals surface area contributed by atoms with Crippen molar-refractivity contribution in [2.75, 3.05) is 6.54 Å². The van der Waals surface area contributed by atoms with Gasteiger partial charge in [0.25, 0.3) is 0 Å². The molecule has 3 N–H and O–H groups in total. The fourth-order valence-corrected chi connectivity index (χ4v) is 1.86. The third kappa shape index (κ3) is 4.44. The van der Waals surface area contributed by atoms with E-state index in [4.69, 9.17) is 5.11 Å².